The molecule has 0 atom stereocenters. The Morgan fingerprint density at radius 3 is 2.53 bits per heavy atom. The lowest BCUT2D eigenvalue weighted by Crippen LogP contribution is -2.51. The second-order valence-corrected chi connectivity index (χ2v) is 10.4. The van der Waals surface area contributed by atoms with Crippen LogP contribution in [0.4, 0.5) is 11.4 Å². The first-order valence-corrected chi connectivity index (χ1v) is 13.3. The highest BCUT2D eigenvalue weighted by molar-refractivity contribution is 5.87. The van der Waals surface area contributed by atoms with Gasteiger partial charge >= 0.3 is 0 Å². The zero-order valence-corrected chi connectivity index (χ0v) is 21.4. The molecule has 2 aromatic carbocycles. The molecule has 2 aliphatic heterocycles. The predicted molar refractivity (Wildman–Crippen MR) is 147 cm³/mol. The molecule has 1 aromatic heterocycles. The summed E-state index contributed by atoms with van der Waals surface area (Å²) in [6.07, 6.45) is 2.31. The third kappa shape index (κ3) is 5.72. The predicted octanol–water partition coefficient (Wildman–Crippen LogP) is 4.33. The first kappa shape index (κ1) is 24.7. The number of H-pyrrole nitrogens is 1. The van der Waals surface area contributed by atoms with Crippen molar-refractivity contribution < 1.29 is 4.92 Å². The zero-order valence-electron chi connectivity index (χ0n) is 21.4. The molecule has 0 unspecified atom stereocenters. The molecule has 192 valence electrons. The Kier molecular flexibility index (Phi) is 7.55. The summed E-state index contributed by atoms with van der Waals surface area (Å²) in [5.41, 5.74) is 4.22. The lowest BCUT2D eigenvalue weighted by Gasteiger charge is -2.37. The molecule has 0 bridgehead atoms. The smallest absolute Gasteiger partial charge is 0.271 e. The van der Waals surface area contributed by atoms with Crippen LogP contribution in [0.5, 0.6) is 0 Å². The van der Waals surface area contributed by atoms with Crippen LogP contribution in [0.15, 0.2) is 48.5 Å². The lowest BCUT2D eigenvalue weighted by atomic mass is 10.0. The number of nitro benzene ring substituents is 1. The number of rotatable bonds is 8. The highest BCUT2D eigenvalue weighted by Gasteiger charge is 2.21. The van der Waals surface area contributed by atoms with Crippen LogP contribution in [0.25, 0.3) is 22.2 Å². The van der Waals surface area contributed by atoms with Crippen LogP contribution in [-0.2, 0) is 0 Å². The van der Waals surface area contributed by atoms with E-state index in [0.717, 1.165) is 61.2 Å². The lowest BCUT2D eigenvalue weighted by molar-refractivity contribution is -0.384. The molecule has 3 heterocycles. The van der Waals surface area contributed by atoms with Crippen LogP contribution >= 0.6 is 0 Å². The molecule has 36 heavy (non-hydrogen) atoms. The van der Waals surface area contributed by atoms with E-state index in [9.17, 15) is 10.1 Å². The highest BCUT2D eigenvalue weighted by Crippen LogP contribution is 2.30. The average molecular weight is 491 g/mol. The van der Waals surface area contributed by atoms with E-state index in [-0.39, 0.29) is 10.6 Å². The first-order chi connectivity index (χ1) is 17.5. The van der Waals surface area contributed by atoms with E-state index < -0.39 is 0 Å². The molecule has 5 rings (SSSR count). The molecule has 2 aliphatic rings. The number of hydrogen-bond donors (Lipinski definition) is 2. The summed E-state index contributed by atoms with van der Waals surface area (Å²) in [4.78, 5) is 21.7. The number of nitro groups is 1. The van der Waals surface area contributed by atoms with Gasteiger partial charge in [0, 0.05) is 93.3 Å². The van der Waals surface area contributed by atoms with Gasteiger partial charge in [-0.15, -0.1) is 0 Å². The standard InChI is InChI=1S/C28H38N6O2/c1-21(2)32-16-14-31(15-17-32)13-10-29-24-8-11-33(12-9-24)25-5-3-4-22(18-25)27-19-23-6-7-26(34(35)36)20-28(23)30-27/h3-7,18-21,24,29-30H,8-17H2,1-2H3. The molecule has 8 nitrogen and oxygen atoms in total. The fourth-order valence-corrected chi connectivity index (χ4v) is 5.53. The number of anilines is 1. The van der Waals surface area contributed by atoms with Crippen molar-refractivity contribution in [2.45, 2.75) is 38.8 Å². The van der Waals surface area contributed by atoms with E-state index in [1.54, 1.807) is 18.2 Å². The molecule has 2 fully saturated rings. The molecule has 0 spiro atoms. The third-order valence-electron chi connectivity index (χ3n) is 7.83. The number of piperazine rings is 1. The van der Waals surface area contributed by atoms with Gasteiger partial charge in [-0.1, -0.05) is 12.1 Å². The zero-order chi connectivity index (χ0) is 25.1. The largest absolute Gasteiger partial charge is 0.371 e. The van der Waals surface area contributed by atoms with Crippen LogP contribution in [0, 0.1) is 10.1 Å². The fraction of sp³-hybridized carbons (Fsp3) is 0.500. The number of aromatic amines is 1. The van der Waals surface area contributed by atoms with Gasteiger partial charge in [-0.25, -0.2) is 0 Å². The number of nitrogens with one attached hydrogen (secondary N) is 2. The van der Waals surface area contributed by atoms with Crippen LogP contribution in [0.2, 0.25) is 0 Å². The van der Waals surface area contributed by atoms with Crippen molar-refractivity contribution in [3.63, 3.8) is 0 Å². The summed E-state index contributed by atoms with van der Waals surface area (Å²) in [6, 6.07) is 16.9. The molecule has 2 N–H and O–H groups in total. The average Bonchev–Trinajstić information content (AvgIpc) is 3.33. The van der Waals surface area contributed by atoms with Crippen molar-refractivity contribution in [3.8, 4) is 11.3 Å². The van der Waals surface area contributed by atoms with E-state index in [1.807, 2.05) is 0 Å². The van der Waals surface area contributed by atoms with Crippen molar-refractivity contribution in [1.29, 1.82) is 0 Å². The number of non-ortho nitro benzene ring substituents is 1. The molecule has 0 saturated carbocycles. The number of hydrogen-bond acceptors (Lipinski definition) is 6. The maximum absolute atomic E-state index is 11.1. The Hall–Kier alpha value is -2.94. The third-order valence-corrected chi connectivity index (χ3v) is 7.83. The summed E-state index contributed by atoms with van der Waals surface area (Å²) in [5.74, 6) is 0. The summed E-state index contributed by atoms with van der Waals surface area (Å²) < 4.78 is 0. The van der Waals surface area contributed by atoms with Gasteiger partial charge in [-0.2, -0.15) is 0 Å². The van der Waals surface area contributed by atoms with Gasteiger partial charge < -0.3 is 15.2 Å². The quantitative estimate of drug-likeness (QED) is 0.361. The van der Waals surface area contributed by atoms with Gasteiger partial charge in [0.1, 0.15) is 0 Å². The molecular weight excluding hydrogens is 452 g/mol. The van der Waals surface area contributed by atoms with E-state index >= 15 is 0 Å². The second kappa shape index (κ2) is 11.0. The summed E-state index contributed by atoms with van der Waals surface area (Å²) in [5, 5.41) is 15.9. The van der Waals surface area contributed by atoms with Crippen molar-refractivity contribution in [3.05, 3.63) is 58.6 Å². The van der Waals surface area contributed by atoms with Crippen molar-refractivity contribution in [2.24, 2.45) is 0 Å². The molecule has 3 aromatic rings. The minimum Gasteiger partial charge on any atom is -0.371 e. The van der Waals surface area contributed by atoms with Gasteiger partial charge in [0.05, 0.1) is 10.4 Å². The van der Waals surface area contributed by atoms with Crippen LogP contribution in [-0.4, -0.2) is 84.1 Å². The van der Waals surface area contributed by atoms with E-state index in [2.05, 4.69) is 69.2 Å². The van der Waals surface area contributed by atoms with Crippen molar-refractivity contribution in [2.75, 3.05) is 57.3 Å². The first-order valence-electron chi connectivity index (χ1n) is 13.3. The molecule has 2 saturated heterocycles. The maximum atomic E-state index is 11.1. The van der Waals surface area contributed by atoms with E-state index in [4.69, 9.17) is 0 Å². The van der Waals surface area contributed by atoms with Gasteiger partial charge in [-0.3, -0.25) is 19.9 Å². The minimum atomic E-state index is -0.354. The van der Waals surface area contributed by atoms with Gasteiger partial charge in [-0.05, 0) is 56.5 Å². The SMILES string of the molecule is CC(C)N1CCN(CCNC2CCN(c3cccc(-c4cc5ccc([N+](=O)[O-])cc5[nH]4)c3)CC2)CC1. The maximum Gasteiger partial charge on any atom is 0.271 e. The van der Waals surface area contributed by atoms with Crippen molar-refractivity contribution >= 4 is 22.3 Å². The Morgan fingerprint density at radius 1 is 1.03 bits per heavy atom. The number of benzene rings is 2. The monoisotopic (exact) mass is 490 g/mol. The normalized spacial score (nSPS) is 18.4. The van der Waals surface area contributed by atoms with Crippen LogP contribution in [0.3, 0.4) is 0 Å². The Balaban J connectivity index is 1.12. The molecule has 0 amide bonds. The Morgan fingerprint density at radius 2 is 1.81 bits per heavy atom. The highest BCUT2D eigenvalue weighted by atomic mass is 16.6. The number of fused-ring (bicyclic) bond motifs is 1. The number of nitrogens with zero attached hydrogens (tertiary/aromatic N) is 4. The fourth-order valence-electron chi connectivity index (χ4n) is 5.53. The van der Waals surface area contributed by atoms with E-state index in [0.29, 0.717) is 12.1 Å². The van der Waals surface area contributed by atoms with Gasteiger partial charge in [0.15, 0.2) is 0 Å². The number of aromatic nitrogens is 1. The Labute approximate surface area is 213 Å². The number of piperidine rings is 1. The van der Waals surface area contributed by atoms with Gasteiger partial charge in [0.25, 0.3) is 5.69 Å². The minimum absolute atomic E-state index is 0.106. The van der Waals surface area contributed by atoms with Crippen LogP contribution < -0.4 is 10.2 Å². The second-order valence-electron chi connectivity index (χ2n) is 10.4. The molecule has 0 aliphatic carbocycles. The molecular formula is C28H38N6O2. The summed E-state index contributed by atoms with van der Waals surface area (Å²) in [6.45, 7) is 13.6. The summed E-state index contributed by atoms with van der Waals surface area (Å²) in [7, 11) is 0. The van der Waals surface area contributed by atoms with E-state index in [1.165, 1.54) is 31.9 Å². The topological polar surface area (TPSA) is 80.7 Å². The van der Waals surface area contributed by atoms with Gasteiger partial charge in [0.2, 0.25) is 0 Å². The Bertz CT molecular complexity index is 1180. The van der Waals surface area contributed by atoms with Crippen molar-refractivity contribution in [1.82, 2.24) is 20.1 Å². The van der Waals surface area contributed by atoms with Crippen LogP contribution in [0.1, 0.15) is 26.7 Å². The molecule has 8 heteroatoms. The molecule has 0 radical (unpaired) electrons. The summed E-state index contributed by atoms with van der Waals surface area (Å²) >= 11 is 0.